The van der Waals surface area contributed by atoms with Gasteiger partial charge in [-0.2, -0.15) is 0 Å². The van der Waals surface area contributed by atoms with Crippen LogP contribution >= 0.6 is 0 Å². The molecule has 0 bridgehead atoms. The van der Waals surface area contributed by atoms with Crippen LogP contribution < -0.4 is 5.32 Å². The zero-order valence-electron chi connectivity index (χ0n) is 15.8. The standard InChI is InChI=1S/C24H28N2O/c27-23-22(26-16-10-19(11-17-26)18-6-2-1-3-7-18)20-8-4-5-9-21(20)24(23)12-14-25-15-13-24/h1-10,22-23,25,27H,11-17H2/t22-,23+/m1/s1. The number of fused-ring (bicyclic) bond motifs is 2. The number of hydrogen-bond acceptors (Lipinski definition) is 3. The number of nitrogens with zero attached hydrogens (tertiary/aromatic N) is 1. The normalized spacial score (nSPS) is 27.4. The quantitative estimate of drug-likeness (QED) is 0.860. The third kappa shape index (κ3) is 2.77. The van der Waals surface area contributed by atoms with E-state index in [4.69, 9.17) is 0 Å². The minimum absolute atomic E-state index is 0.0735. The Morgan fingerprint density at radius 1 is 0.963 bits per heavy atom. The average Bonchev–Trinajstić information content (AvgIpc) is 2.98. The highest BCUT2D eigenvalue weighted by Gasteiger charge is 2.53. The highest BCUT2D eigenvalue weighted by atomic mass is 16.3. The summed E-state index contributed by atoms with van der Waals surface area (Å²) in [5, 5.41) is 15.0. The molecule has 3 nitrogen and oxygen atoms in total. The second kappa shape index (κ2) is 6.90. The Morgan fingerprint density at radius 3 is 2.44 bits per heavy atom. The lowest BCUT2D eigenvalue weighted by molar-refractivity contribution is 0.00151. The van der Waals surface area contributed by atoms with Crippen LogP contribution in [0, 0.1) is 0 Å². The Morgan fingerprint density at radius 2 is 1.70 bits per heavy atom. The molecule has 0 radical (unpaired) electrons. The van der Waals surface area contributed by atoms with Crippen molar-refractivity contribution in [2.45, 2.75) is 36.8 Å². The van der Waals surface area contributed by atoms with Crippen molar-refractivity contribution in [3.63, 3.8) is 0 Å². The molecule has 2 heterocycles. The summed E-state index contributed by atoms with van der Waals surface area (Å²) in [7, 11) is 0. The lowest BCUT2D eigenvalue weighted by atomic mass is 9.72. The molecule has 3 aliphatic rings. The van der Waals surface area contributed by atoms with Crippen LogP contribution in [-0.2, 0) is 5.41 Å². The highest BCUT2D eigenvalue weighted by molar-refractivity contribution is 5.66. The smallest absolute Gasteiger partial charge is 0.0834 e. The first-order valence-electron chi connectivity index (χ1n) is 10.3. The van der Waals surface area contributed by atoms with Crippen LogP contribution in [0.25, 0.3) is 5.57 Å². The molecular formula is C24H28N2O. The van der Waals surface area contributed by atoms with E-state index in [1.54, 1.807) is 0 Å². The van der Waals surface area contributed by atoms with Crippen molar-refractivity contribution < 1.29 is 5.11 Å². The molecule has 5 rings (SSSR count). The van der Waals surface area contributed by atoms with E-state index in [0.29, 0.717) is 0 Å². The molecule has 1 aliphatic carbocycles. The van der Waals surface area contributed by atoms with Crippen molar-refractivity contribution in [1.29, 1.82) is 0 Å². The molecule has 0 saturated carbocycles. The Balaban J connectivity index is 1.45. The Hall–Kier alpha value is -1.94. The van der Waals surface area contributed by atoms with Crippen LogP contribution in [0.5, 0.6) is 0 Å². The van der Waals surface area contributed by atoms with E-state index < -0.39 is 0 Å². The van der Waals surface area contributed by atoms with E-state index in [1.165, 1.54) is 22.3 Å². The number of hydrogen-bond donors (Lipinski definition) is 2. The van der Waals surface area contributed by atoms with Gasteiger partial charge in [0.1, 0.15) is 0 Å². The molecule has 2 aromatic carbocycles. The topological polar surface area (TPSA) is 35.5 Å². The summed E-state index contributed by atoms with van der Waals surface area (Å²) < 4.78 is 0. The lowest BCUT2D eigenvalue weighted by Crippen LogP contribution is -2.49. The van der Waals surface area contributed by atoms with Gasteiger partial charge in [-0.15, -0.1) is 0 Å². The van der Waals surface area contributed by atoms with E-state index in [0.717, 1.165) is 45.4 Å². The fraction of sp³-hybridized carbons (Fsp3) is 0.417. The van der Waals surface area contributed by atoms with Crippen molar-refractivity contribution in [2.24, 2.45) is 0 Å². The van der Waals surface area contributed by atoms with E-state index >= 15 is 0 Å². The van der Waals surface area contributed by atoms with Crippen LogP contribution in [0.2, 0.25) is 0 Å². The van der Waals surface area contributed by atoms with Crippen molar-refractivity contribution in [1.82, 2.24) is 10.2 Å². The Labute approximate surface area is 161 Å². The molecule has 2 atom stereocenters. The summed E-state index contributed by atoms with van der Waals surface area (Å²) in [6.45, 7) is 3.91. The van der Waals surface area contributed by atoms with Crippen LogP contribution in [0.3, 0.4) is 0 Å². The van der Waals surface area contributed by atoms with Crippen molar-refractivity contribution in [3.05, 3.63) is 77.4 Å². The summed E-state index contributed by atoms with van der Waals surface area (Å²) in [6, 6.07) is 19.6. The van der Waals surface area contributed by atoms with Crippen LogP contribution in [0.15, 0.2) is 60.7 Å². The number of piperidine rings is 1. The lowest BCUT2D eigenvalue weighted by Gasteiger charge is -2.41. The number of nitrogens with one attached hydrogen (secondary N) is 1. The summed E-state index contributed by atoms with van der Waals surface area (Å²) in [4.78, 5) is 2.49. The first-order valence-corrected chi connectivity index (χ1v) is 10.3. The van der Waals surface area contributed by atoms with Crippen molar-refractivity contribution in [2.75, 3.05) is 26.2 Å². The van der Waals surface area contributed by atoms with Gasteiger partial charge in [0.2, 0.25) is 0 Å². The summed E-state index contributed by atoms with van der Waals surface area (Å²) in [5.41, 5.74) is 5.43. The maximum atomic E-state index is 11.5. The van der Waals surface area contributed by atoms with Crippen molar-refractivity contribution >= 4 is 5.57 Å². The molecule has 1 saturated heterocycles. The van der Waals surface area contributed by atoms with Gasteiger partial charge in [0.15, 0.2) is 0 Å². The summed E-state index contributed by atoms with van der Waals surface area (Å²) in [5.74, 6) is 0. The van der Waals surface area contributed by atoms with E-state index in [9.17, 15) is 5.11 Å². The molecule has 27 heavy (non-hydrogen) atoms. The van der Waals surface area contributed by atoms with Crippen molar-refractivity contribution in [3.8, 4) is 0 Å². The molecule has 0 aromatic heterocycles. The second-order valence-electron chi connectivity index (χ2n) is 8.22. The number of aliphatic hydroxyl groups is 1. The van der Waals surface area contributed by atoms with Crippen LogP contribution in [-0.4, -0.2) is 42.3 Å². The maximum absolute atomic E-state index is 11.5. The van der Waals surface area contributed by atoms with E-state index in [2.05, 4.69) is 70.9 Å². The fourth-order valence-electron chi connectivity index (χ4n) is 5.53. The SMILES string of the molecule is O[C@H]1[C@H](N2CC=C(c3ccccc3)CC2)c2ccccc2C12CCNCC2. The van der Waals surface area contributed by atoms with E-state index in [1.807, 2.05) is 0 Å². The highest BCUT2D eigenvalue weighted by Crippen LogP contribution is 2.52. The molecule has 1 fully saturated rings. The molecule has 0 unspecified atom stereocenters. The van der Waals surface area contributed by atoms with Crippen LogP contribution in [0.4, 0.5) is 0 Å². The molecular weight excluding hydrogens is 332 g/mol. The molecule has 2 aliphatic heterocycles. The van der Waals surface area contributed by atoms with Gasteiger partial charge in [0.05, 0.1) is 12.1 Å². The van der Waals surface area contributed by atoms with Gasteiger partial charge in [0.25, 0.3) is 0 Å². The monoisotopic (exact) mass is 360 g/mol. The fourth-order valence-corrected chi connectivity index (χ4v) is 5.53. The largest absolute Gasteiger partial charge is 0.390 e. The Bertz CT molecular complexity index is 838. The van der Waals surface area contributed by atoms with Gasteiger partial charge in [-0.25, -0.2) is 0 Å². The first-order chi connectivity index (χ1) is 13.3. The number of benzene rings is 2. The molecule has 3 heteroatoms. The zero-order valence-corrected chi connectivity index (χ0v) is 15.8. The predicted octanol–water partition coefficient (Wildman–Crippen LogP) is 3.51. The van der Waals surface area contributed by atoms with Gasteiger partial charge >= 0.3 is 0 Å². The molecule has 1 spiro atoms. The first kappa shape index (κ1) is 17.2. The molecule has 2 N–H and O–H groups in total. The van der Waals surface area contributed by atoms with E-state index in [-0.39, 0.29) is 17.6 Å². The third-order valence-electron chi connectivity index (χ3n) is 6.96. The molecule has 140 valence electrons. The second-order valence-corrected chi connectivity index (χ2v) is 8.22. The third-order valence-corrected chi connectivity index (χ3v) is 6.96. The Kier molecular flexibility index (Phi) is 4.39. The van der Waals surface area contributed by atoms with Gasteiger partial charge in [-0.3, -0.25) is 4.90 Å². The van der Waals surface area contributed by atoms with Gasteiger partial charge in [0, 0.05) is 18.5 Å². The minimum atomic E-state index is -0.316. The van der Waals surface area contributed by atoms with Gasteiger partial charge in [-0.1, -0.05) is 60.7 Å². The average molecular weight is 361 g/mol. The van der Waals surface area contributed by atoms with Gasteiger partial charge in [-0.05, 0) is 54.6 Å². The molecule has 2 aromatic rings. The predicted molar refractivity (Wildman–Crippen MR) is 110 cm³/mol. The molecule has 0 amide bonds. The van der Waals surface area contributed by atoms with Crippen LogP contribution in [0.1, 0.15) is 42.0 Å². The summed E-state index contributed by atoms with van der Waals surface area (Å²) in [6.07, 6.45) is 5.15. The minimum Gasteiger partial charge on any atom is -0.390 e. The summed E-state index contributed by atoms with van der Waals surface area (Å²) >= 11 is 0. The maximum Gasteiger partial charge on any atom is 0.0834 e. The number of rotatable bonds is 2. The zero-order chi connectivity index (χ0) is 18.3. The van der Waals surface area contributed by atoms with Gasteiger partial charge < -0.3 is 10.4 Å². The number of aliphatic hydroxyl groups excluding tert-OH is 1.